The SMILES string of the molecule is O=C(O)c1cc(-c2csc(-c3ncccc3F)n2)c[nH]1. The zero-order valence-electron chi connectivity index (χ0n) is 10.0. The van der Waals surface area contributed by atoms with Crippen molar-refractivity contribution in [3.63, 3.8) is 0 Å². The lowest BCUT2D eigenvalue weighted by Crippen LogP contribution is -1.94. The van der Waals surface area contributed by atoms with E-state index in [1.54, 1.807) is 11.6 Å². The van der Waals surface area contributed by atoms with E-state index in [2.05, 4.69) is 15.0 Å². The van der Waals surface area contributed by atoms with E-state index >= 15 is 0 Å². The molecule has 0 fully saturated rings. The lowest BCUT2D eigenvalue weighted by molar-refractivity contribution is 0.0691. The molecule has 0 saturated carbocycles. The molecule has 0 unspecified atom stereocenters. The molecule has 0 bridgehead atoms. The first-order chi connectivity index (χ1) is 9.65. The summed E-state index contributed by atoms with van der Waals surface area (Å²) in [6.07, 6.45) is 3.05. The summed E-state index contributed by atoms with van der Waals surface area (Å²) in [5.74, 6) is -1.48. The van der Waals surface area contributed by atoms with Gasteiger partial charge in [-0.2, -0.15) is 0 Å². The van der Waals surface area contributed by atoms with Crippen molar-refractivity contribution in [2.75, 3.05) is 0 Å². The van der Waals surface area contributed by atoms with Gasteiger partial charge in [-0.3, -0.25) is 4.98 Å². The summed E-state index contributed by atoms with van der Waals surface area (Å²) in [6, 6.07) is 4.32. The van der Waals surface area contributed by atoms with Crippen LogP contribution in [0.1, 0.15) is 10.5 Å². The number of pyridine rings is 1. The molecule has 3 heterocycles. The molecule has 7 heteroatoms. The van der Waals surface area contributed by atoms with Crippen LogP contribution in [0.2, 0.25) is 0 Å². The molecule has 3 rings (SSSR count). The monoisotopic (exact) mass is 289 g/mol. The number of hydrogen-bond donors (Lipinski definition) is 2. The highest BCUT2D eigenvalue weighted by Gasteiger charge is 2.13. The van der Waals surface area contributed by atoms with Crippen molar-refractivity contribution in [2.24, 2.45) is 0 Å². The number of aromatic amines is 1. The highest BCUT2D eigenvalue weighted by atomic mass is 32.1. The topological polar surface area (TPSA) is 78.9 Å². The number of halogens is 1. The van der Waals surface area contributed by atoms with Gasteiger partial charge >= 0.3 is 5.97 Å². The second-order valence-corrected chi connectivity index (χ2v) is 4.84. The van der Waals surface area contributed by atoms with Crippen molar-refractivity contribution in [1.29, 1.82) is 0 Å². The van der Waals surface area contributed by atoms with E-state index in [-0.39, 0.29) is 11.4 Å². The number of hydrogen-bond acceptors (Lipinski definition) is 4. The average molecular weight is 289 g/mol. The summed E-state index contributed by atoms with van der Waals surface area (Å²) < 4.78 is 13.6. The maximum atomic E-state index is 13.6. The maximum absolute atomic E-state index is 13.6. The molecule has 3 aromatic rings. The van der Waals surface area contributed by atoms with E-state index in [0.717, 1.165) is 0 Å². The molecule has 100 valence electrons. The highest BCUT2D eigenvalue weighted by molar-refractivity contribution is 7.13. The molecule has 0 radical (unpaired) electrons. The van der Waals surface area contributed by atoms with E-state index in [1.807, 2.05) is 0 Å². The third kappa shape index (κ3) is 2.19. The minimum absolute atomic E-state index is 0.0820. The molecule has 20 heavy (non-hydrogen) atoms. The molecule has 2 N–H and O–H groups in total. The Balaban J connectivity index is 1.98. The Morgan fingerprint density at radius 3 is 3.00 bits per heavy atom. The van der Waals surface area contributed by atoms with Crippen LogP contribution in [0.5, 0.6) is 0 Å². The number of thiazole rings is 1. The Labute approximate surface area is 116 Å². The van der Waals surface area contributed by atoms with E-state index in [9.17, 15) is 9.18 Å². The van der Waals surface area contributed by atoms with Gasteiger partial charge in [-0.25, -0.2) is 14.2 Å². The molecular formula is C13H8FN3O2S. The minimum Gasteiger partial charge on any atom is -0.477 e. The van der Waals surface area contributed by atoms with Gasteiger partial charge in [0.05, 0.1) is 5.69 Å². The van der Waals surface area contributed by atoms with Crippen molar-refractivity contribution in [1.82, 2.24) is 15.0 Å². The van der Waals surface area contributed by atoms with Gasteiger partial charge in [-0.05, 0) is 18.2 Å². The number of carboxylic acid groups (broad SMARTS) is 1. The van der Waals surface area contributed by atoms with Crippen LogP contribution in [0.3, 0.4) is 0 Å². The minimum atomic E-state index is -1.04. The molecule has 0 atom stereocenters. The first-order valence-electron chi connectivity index (χ1n) is 5.63. The number of carboxylic acids is 1. The van der Waals surface area contributed by atoms with Crippen molar-refractivity contribution in [3.8, 4) is 22.0 Å². The predicted molar refractivity (Wildman–Crippen MR) is 72.0 cm³/mol. The number of nitrogens with zero attached hydrogens (tertiary/aromatic N) is 2. The fourth-order valence-corrected chi connectivity index (χ4v) is 2.55. The van der Waals surface area contributed by atoms with Crippen LogP contribution >= 0.6 is 11.3 Å². The van der Waals surface area contributed by atoms with Gasteiger partial charge in [-0.15, -0.1) is 11.3 Å². The Kier molecular flexibility index (Phi) is 3.03. The smallest absolute Gasteiger partial charge is 0.352 e. The highest BCUT2D eigenvalue weighted by Crippen LogP contribution is 2.29. The number of aromatic carboxylic acids is 1. The first kappa shape index (κ1) is 12.5. The molecule has 5 nitrogen and oxygen atoms in total. The van der Waals surface area contributed by atoms with Crippen molar-refractivity contribution in [2.45, 2.75) is 0 Å². The second-order valence-electron chi connectivity index (χ2n) is 3.98. The molecule has 0 saturated heterocycles. The molecular weight excluding hydrogens is 281 g/mol. The van der Waals surface area contributed by atoms with Crippen LogP contribution in [0, 0.1) is 5.82 Å². The van der Waals surface area contributed by atoms with Gasteiger partial charge in [-0.1, -0.05) is 0 Å². The number of carbonyl (C=O) groups is 1. The number of rotatable bonds is 3. The van der Waals surface area contributed by atoms with Gasteiger partial charge in [0.15, 0.2) is 5.82 Å². The molecule has 0 aliphatic heterocycles. The van der Waals surface area contributed by atoms with Gasteiger partial charge in [0.25, 0.3) is 0 Å². The number of aromatic nitrogens is 3. The Bertz CT molecular complexity index is 781. The predicted octanol–water partition coefficient (Wildman–Crippen LogP) is 3.04. The summed E-state index contributed by atoms with van der Waals surface area (Å²) in [7, 11) is 0. The largest absolute Gasteiger partial charge is 0.477 e. The zero-order chi connectivity index (χ0) is 14.1. The summed E-state index contributed by atoms with van der Waals surface area (Å²) in [5.41, 5.74) is 1.50. The lowest BCUT2D eigenvalue weighted by atomic mass is 10.2. The Hall–Kier alpha value is -2.54. The Morgan fingerprint density at radius 1 is 1.45 bits per heavy atom. The standard InChI is InChI=1S/C13H8FN3O2S/c14-8-2-1-3-15-11(8)12-17-10(6-20-12)7-4-9(13(18)19)16-5-7/h1-6,16H,(H,18,19). The molecule has 0 spiro atoms. The maximum Gasteiger partial charge on any atom is 0.352 e. The van der Waals surface area contributed by atoms with Gasteiger partial charge in [0.2, 0.25) is 0 Å². The number of nitrogens with one attached hydrogen (secondary N) is 1. The second kappa shape index (κ2) is 4.86. The fraction of sp³-hybridized carbons (Fsp3) is 0. The Morgan fingerprint density at radius 2 is 2.30 bits per heavy atom. The number of H-pyrrole nitrogens is 1. The third-order valence-corrected chi connectivity index (χ3v) is 3.52. The van der Waals surface area contributed by atoms with Crippen molar-refractivity contribution in [3.05, 3.63) is 47.5 Å². The average Bonchev–Trinajstić information content (AvgIpc) is 3.08. The summed E-state index contributed by atoms with van der Waals surface area (Å²) in [6.45, 7) is 0. The third-order valence-electron chi connectivity index (χ3n) is 2.67. The van der Waals surface area contributed by atoms with E-state index < -0.39 is 11.8 Å². The molecule has 3 aromatic heterocycles. The molecule has 0 aromatic carbocycles. The summed E-state index contributed by atoms with van der Waals surface area (Å²) >= 11 is 1.25. The molecule has 0 aliphatic rings. The fourth-order valence-electron chi connectivity index (χ4n) is 1.72. The van der Waals surface area contributed by atoms with Gasteiger partial charge in [0.1, 0.15) is 16.4 Å². The molecule has 0 aliphatic carbocycles. The normalized spacial score (nSPS) is 10.7. The van der Waals surface area contributed by atoms with Crippen molar-refractivity contribution >= 4 is 17.3 Å². The zero-order valence-corrected chi connectivity index (χ0v) is 10.8. The summed E-state index contributed by atoms with van der Waals surface area (Å²) in [4.78, 5) is 21.7. The first-order valence-corrected chi connectivity index (χ1v) is 6.51. The molecule has 0 amide bonds. The van der Waals surface area contributed by atoms with E-state index in [0.29, 0.717) is 16.3 Å². The van der Waals surface area contributed by atoms with Gasteiger partial charge in [0, 0.05) is 23.3 Å². The quantitative estimate of drug-likeness (QED) is 0.776. The van der Waals surface area contributed by atoms with Crippen LogP contribution < -0.4 is 0 Å². The van der Waals surface area contributed by atoms with E-state index in [1.165, 1.54) is 35.7 Å². The van der Waals surface area contributed by atoms with Crippen molar-refractivity contribution < 1.29 is 14.3 Å². The van der Waals surface area contributed by atoms with Crippen LogP contribution in [0.15, 0.2) is 36.0 Å². The summed E-state index contributed by atoms with van der Waals surface area (Å²) in [5, 5.41) is 11.0. The van der Waals surface area contributed by atoms with Crippen LogP contribution in [0.4, 0.5) is 4.39 Å². The lowest BCUT2D eigenvalue weighted by Gasteiger charge is -1.95. The van der Waals surface area contributed by atoms with Crippen LogP contribution in [0.25, 0.3) is 22.0 Å². The van der Waals surface area contributed by atoms with Crippen LogP contribution in [-0.4, -0.2) is 26.0 Å². The van der Waals surface area contributed by atoms with E-state index in [4.69, 9.17) is 5.11 Å². The van der Waals surface area contributed by atoms with Crippen LogP contribution in [-0.2, 0) is 0 Å². The van der Waals surface area contributed by atoms with Gasteiger partial charge < -0.3 is 10.1 Å².